The smallest absolute Gasteiger partial charge is 0.190 e. The van der Waals surface area contributed by atoms with Gasteiger partial charge in [-0.05, 0) is 43.9 Å². The number of halogens is 1. The van der Waals surface area contributed by atoms with Gasteiger partial charge in [0.2, 0.25) is 0 Å². The van der Waals surface area contributed by atoms with Gasteiger partial charge in [-0.15, -0.1) is 24.0 Å². The van der Waals surface area contributed by atoms with Gasteiger partial charge in [-0.1, -0.05) is 12.1 Å². The SMILES string of the molecule is CN=C(NCCCCn1ccnc1C)NCCc1ccc(OC)cc1.I. The second-order valence-corrected chi connectivity index (χ2v) is 5.90. The van der Waals surface area contributed by atoms with Crippen LogP contribution in [0.25, 0.3) is 0 Å². The van der Waals surface area contributed by atoms with Gasteiger partial charge in [-0.25, -0.2) is 4.98 Å². The summed E-state index contributed by atoms with van der Waals surface area (Å²) in [7, 11) is 3.49. The molecule has 1 heterocycles. The fraction of sp³-hybridized carbons (Fsp3) is 0.474. The third-order valence-electron chi connectivity index (χ3n) is 4.13. The van der Waals surface area contributed by atoms with Crippen molar-refractivity contribution in [2.24, 2.45) is 4.99 Å². The van der Waals surface area contributed by atoms with E-state index in [0.717, 1.165) is 56.4 Å². The Morgan fingerprint density at radius 2 is 1.88 bits per heavy atom. The van der Waals surface area contributed by atoms with Crippen molar-refractivity contribution in [1.29, 1.82) is 0 Å². The molecule has 0 saturated carbocycles. The lowest BCUT2D eigenvalue weighted by atomic mass is 10.1. The molecular formula is C19H30IN5O. The number of aromatic nitrogens is 2. The topological polar surface area (TPSA) is 63.5 Å². The maximum Gasteiger partial charge on any atom is 0.190 e. The summed E-state index contributed by atoms with van der Waals surface area (Å²) in [6.45, 7) is 4.81. The molecule has 144 valence electrons. The third-order valence-corrected chi connectivity index (χ3v) is 4.13. The summed E-state index contributed by atoms with van der Waals surface area (Å²) < 4.78 is 7.36. The molecule has 0 unspecified atom stereocenters. The molecule has 2 rings (SSSR count). The normalized spacial score (nSPS) is 11.0. The summed E-state index contributed by atoms with van der Waals surface area (Å²) in [5.74, 6) is 2.82. The van der Waals surface area contributed by atoms with Crippen LogP contribution in [0.4, 0.5) is 0 Å². The van der Waals surface area contributed by atoms with Crippen LogP contribution < -0.4 is 15.4 Å². The highest BCUT2D eigenvalue weighted by molar-refractivity contribution is 14.0. The van der Waals surface area contributed by atoms with Gasteiger partial charge < -0.3 is 19.9 Å². The van der Waals surface area contributed by atoms with E-state index in [1.807, 2.05) is 31.5 Å². The lowest BCUT2D eigenvalue weighted by molar-refractivity contribution is 0.414. The number of aryl methyl sites for hydroxylation is 2. The first kappa shape index (κ1) is 22.3. The fourth-order valence-electron chi connectivity index (χ4n) is 2.59. The molecule has 2 aromatic rings. The molecule has 7 heteroatoms. The van der Waals surface area contributed by atoms with E-state index in [2.05, 4.69) is 37.3 Å². The minimum Gasteiger partial charge on any atom is -0.497 e. The van der Waals surface area contributed by atoms with Crippen LogP contribution in [0.15, 0.2) is 41.7 Å². The standard InChI is InChI=1S/C19H29N5O.HI/c1-16-21-13-15-24(16)14-5-4-11-22-19(20-2)23-12-10-17-6-8-18(25-3)9-7-17;/h6-9,13,15H,4-5,10-12,14H2,1-3H3,(H2,20,22,23);1H. The van der Waals surface area contributed by atoms with Crippen molar-refractivity contribution in [1.82, 2.24) is 20.2 Å². The highest BCUT2D eigenvalue weighted by atomic mass is 127. The fourth-order valence-corrected chi connectivity index (χ4v) is 2.59. The average Bonchev–Trinajstić information content (AvgIpc) is 3.05. The van der Waals surface area contributed by atoms with Gasteiger partial charge in [0.1, 0.15) is 11.6 Å². The number of hydrogen-bond donors (Lipinski definition) is 2. The summed E-state index contributed by atoms with van der Waals surface area (Å²) in [4.78, 5) is 8.50. The van der Waals surface area contributed by atoms with Crippen LogP contribution in [0.5, 0.6) is 5.75 Å². The summed E-state index contributed by atoms with van der Waals surface area (Å²) >= 11 is 0. The summed E-state index contributed by atoms with van der Waals surface area (Å²) in [5, 5.41) is 6.72. The van der Waals surface area contributed by atoms with Crippen molar-refractivity contribution in [3.8, 4) is 5.75 Å². The van der Waals surface area contributed by atoms with Gasteiger partial charge in [0.05, 0.1) is 7.11 Å². The molecule has 0 atom stereocenters. The highest BCUT2D eigenvalue weighted by Gasteiger charge is 2.00. The average molecular weight is 471 g/mol. The molecule has 0 aliphatic rings. The molecule has 0 bridgehead atoms. The Bertz CT molecular complexity index is 654. The van der Waals surface area contributed by atoms with Crippen LogP contribution in [0.3, 0.4) is 0 Å². The first-order valence-electron chi connectivity index (χ1n) is 8.78. The quantitative estimate of drug-likeness (QED) is 0.256. The maximum atomic E-state index is 5.17. The van der Waals surface area contributed by atoms with Gasteiger partial charge in [0, 0.05) is 39.1 Å². The minimum absolute atomic E-state index is 0. The van der Waals surface area contributed by atoms with Crippen molar-refractivity contribution in [2.75, 3.05) is 27.2 Å². The van der Waals surface area contributed by atoms with Crippen LogP contribution in [-0.4, -0.2) is 42.8 Å². The number of nitrogens with one attached hydrogen (secondary N) is 2. The Kier molecular flexibility index (Phi) is 10.8. The van der Waals surface area contributed by atoms with E-state index in [-0.39, 0.29) is 24.0 Å². The second kappa shape index (κ2) is 12.6. The maximum absolute atomic E-state index is 5.17. The Morgan fingerprint density at radius 1 is 1.15 bits per heavy atom. The highest BCUT2D eigenvalue weighted by Crippen LogP contribution is 2.11. The van der Waals surface area contributed by atoms with E-state index in [1.54, 1.807) is 14.2 Å². The molecule has 6 nitrogen and oxygen atoms in total. The molecule has 0 aliphatic carbocycles. The number of aliphatic imine (C=N–C) groups is 1. The van der Waals surface area contributed by atoms with Crippen molar-refractivity contribution in [3.05, 3.63) is 48.0 Å². The van der Waals surface area contributed by atoms with E-state index in [4.69, 9.17) is 4.74 Å². The van der Waals surface area contributed by atoms with Crippen LogP contribution in [-0.2, 0) is 13.0 Å². The molecule has 0 radical (unpaired) electrons. The first-order chi connectivity index (χ1) is 12.2. The lowest BCUT2D eigenvalue weighted by Crippen LogP contribution is -2.38. The number of rotatable bonds is 9. The van der Waals surface area contributed by atoms with Gasteiger partial charge in [0.25, 0.3) is 0 Å². The van der Waals surface area contributed by atoms with E-state index in [0.29, 0.717) is 0 Å². The van der Waals surface area contributed by atoms with E-state index >= 15 is 0 Å². The molecule has 1 aromatic carbocycles. The summed E-state index contributed by atoms with van der Waals surface area (Å²) in [6, 6.07) is 8.17. The zero-order chi connectivity index (χ0) is 17.9. The molecule has 2 N–H and O–H groups in total. The number of ether oxygens (including phenoxy) is 1. The summed E-state index contributed by atoms with van der Waals surface area (Å²) in [5.41, 5.74) is 1.28. The number of imidazole rings is 1. The number of nitrogens with zero attached hydrogens (tertiary/aromatic N) is 3. The zero-order valence-corrected chi connectivity index (χ0v) is 18.2. The minimum atomic E-state index is 0. The molecule has 0 saturated heterocycles. The predicted molar refractivity (Wildman–Crippen MR) is 118 cm³/mol. The van der Waals surface area contributed by atoms with Crippen LogP contribution in [0.1, 0.15) is 24.2 Å². The van der Waals surface area contributed by atoms with Crippen LogP contribution in [0, 0.1) is 6.92 Å². The molecule has 1 aromatic heterocycles. The predicted octanol–water partition coefficient (Wildman–Crippen LogP) is 3.01. The van der Waals surface area contributed by atoms with Crippen molar-refractivity contribution in [2.45, 2.75) is 32.7 Å². The molecule has 0 aliphatic heterocycles. The van der Waals surface area contributed by atoms with Gasteiger partial charge in [0.15, 0.2) is 5.96 Å². The zero-order valence-electron chi connectivity index (χ0n) is 15.9. The number of guanidine groups is 1. The Hall–Kier alpha value is -1.77. The van der Waals surface area contributed by atoms with E-state index < -0.39 is 0 Å². The van der Waals surface area contributed by atoms with Crippen LogP contribution in [0.2, 0.25) is 0 Å². The van der Waals surface area contributed by atoms with Crippen molar-refractivity contribution < 1.29 is 4.74 Å². The van der Waals surface area contributed by atoms with E-state index in [9.17, 15) is 0 Å². The third kappa shape index (κ3) is 7.63. The van der Waals surface area contributed by atoms with E-state index in [1.165, 1.54) is 5.56 Å². The monoisotopic (exact) mass is 471 g/mol. The molecule has 0 fully saturated rings. The Labute approximate surface area is 173 Å². The van der Waals surface area contributed by atoms with Crippen molar-refractivity contribution in [3.63, 3.8) is 0 Å². The lowest BCUT2D eigenvalue weighted by Gasteiger charge is -2.12. The molecular weight excluding hydrogens is 441 g/mol. The first-order valence-corrected chi connectivity index (χ1v) is 8.78. The van der Waals surface area contributed by atoms with Crippen molar-refractivity contribution >= 4 is 29.9 Å². The number of hydrogen-bond acceptors (Lipinski definition) is 3. The molecule has 26 heavy (non-hydrogen) atoms. The van der Waals surface area contributed by atoms with Gasteiger partial charge in [-0.2, -0.15) is 0 Å². The Balaban J connectivity index is 0.00000338. The summed E-state index contributed by atoms with van der Waals surface area (Å²) in [6.07, 6.45) is 7.04. The number of unbranched alkanes of at least 4 members (excludes halogenated alkanes) is 1. The number of methoxy groups -OCH3 is 1. The number of benzene rings is 1. The second-order valence-electron chi connectivity index (χ2n) is 5.90. The molecule has 0 amide bonds. The van der Waals surface area contributed by atoms with Gasteiger partial charge >= 0.3 is 0 Å². The molecule has 0 spiro atoms. The van der Waals surface area contributed by atoms with Gasteiger partial charge in [-0.3, -0.25) is 4.99 Å². The Morgan fingerprint density at radius 3 is 2.50 bits per heavy atom. The largest absolute Gasteiger partial charge is 0.497 e. The van der Waals surface area contributed by atoms with Crippen LogP contribution >= 0.6 is 24.0 Å².